The van der Waals surface area contributed by atoms with Crippen LogP contribution in [0.4, 0.5) is 0 Å². The molecule has 0 N–H and O–H groups in total. The fourth-order valence-electron chi connectivity index (χ4n) is 8.74. The van der Waals surface area contributed by atoms with Crippen LogP contribution >= 0.6 is 0 Å². The van der Waals surface area contributed by atoms with Crippen molar-refractivity contribution in [1.82, 2.24) is 18.9 Å². The van der Waals surface area contributed by atoms with Gasteiger partial charge in [0.25, 0.3) is 0 Å². The van der Waals surface area contributed by atoms with Gasteiger partial charge in [0.15, 0.2) is 0 Å². The topological polar surface area (TPSA) is 35.1 Å². The van der Waals surface area contributed by atoms with Gasteiger partial charge in [-0.3, -0.25) is 9.97 Å². The Morgan fingerprint density at radius 2 is 1.11 bits per heavy atom. The van der Waals surface area contributed by atoms with E-state index in [1.807, 2.05) is 0 Å². The predicted molar refractivity (Wildman–Crippen MR) is 190 cm³/mol. The molecule has 0 fully saturated rings. The average molecular weight is 583 g/mol. The van der Waals surface area contributed by atoms with Gasteiger partial charge in [-0.05, 0) is 35.7 Å². The van der Waals surface area contributed by atoms with Gasteiger partial charge in [-0.2, -0.15) is 0 Å². The Morgan fingerprint density at radius 3 is 1.96 bits per heavy atom. The standard InChI is InChI=1S/C42H22N4/c1-2-9-24-23(8-1)16-17-30-37-35(22-31-25-10-3-5-14-32(25)45-33-15-6-4-11-27(33)38(37)42(31)45)46(41(24)30)34-19-18-29-36-26(34)12-7-13-28(36)39-40(29)44-21-20-43-39/h1-22H. The van der Waals surface area contributed by atoms with E-state index >= 15 is 0 Å². The van der Waals surface area contributed by atoms with Crippen LogP contribution in [0.2, 0.25) is 0 Å². The first-order valence-electron chi connectivity index (χ1n) is 15.8. The molecule has 0 atom stereocenters. The SMILES string of the molecule is c1ccc2c(c1)ccc1c3c4c5ccccc5n5c6ccccc6c(cc3n(-c3ccc6c7c(cccc37)-c3nccnc3-6)c21)c45. The summed E-state index contributed by atoms with van der Waals surface area (Å²) in [7, 11) is 0. The molecule has 0 amide bonds. The summed E-state index contributed by atoms with van der Waals surface area (Å²) in [5, 5.41) is 12.7. The summed E-state index contributed by atoms with van der Waals surface area (Å²) >= 11 is 0. The van der Waals surface area contributed by atoms with Crippen LogP contribution in [0.25, 0.3) is 110 Å². The van der Waals surface area contributed by atoms with Crippen molar-refractivity contribution in [3.8, 4) is 28.2 Å². The van der Waals surface area contributed by atoms with Crippen LogP contribution in [0.15, 0.2) is 134 Å². The molecule has 11 aromatic rings. The lowest BCUT2D eigenvalue weighted by molar-refractivity contribution is 1.21. The summed E-state index contributed by atoms with van der Waals surface area (Å²) in [6.07, 6.45) is 3.60. The lowest BCUT2D eigenvalue weighted by Crippen LogP contribution is -1.96. The van der Waals surface area contributed by atoms with Gasteiger partial charge >= 0.3 is 0 Å². The summed E-state index contributed by atoms with van der Waals surface area (Å²) in [6, 6.07) is 44.8. The molecule has 12 rings (SSSR count). The Kier molecular flexibility index (Phi) is 3.96. The highest BCUT2D eigenvalue weighted by atomic mass is 15.0. The van der Waals surface area contributed by atoms with Crippen molar-refractivity contribution in [3.05, 3.63) is 134 Å². The first-order valence-corrected chi connectivity index (χ1v) is 15.8. The van der Waals surface area contributed by atoms with Gasteiger partial charge in [0.05, 0.1) is 44.7 Å². The van der Waals surface area contributed by atoms with Crippen molar-refractivity contribution < 1.29 is 0 Å². The van der Waals surface area contributed by atoms with Gasteiger partial charge in [0.1, 0.15) is 0 Å². The number of benzene rings is 7. The molecule has 4 nitrogen and oxygen atoms in total. The molecule has 46 heavy (non-hydrogen) atoms. The zero-order chi connectivity index (χ0) is 29.7. The van der Waals surface area contributed by atoms with Gasteiger partial charge in [0, 0.05) is 72.0 Å². The molecule has 4 aromatic heterocycles. The second-order valence-electron chi connectivity index (χ2n) is 12.5. The molecular formula is C42H22N4. The van der Waals surface area contributed by atoms with Crippen molar-refractivity contribution in [2.24, 2.45) is 0 Å². The van der Waals surface area contributed by atoms with Gasteiger partial charge in [0.2, 0.25) is 0 Å². The maximum atomic E-state index is 4.77. The van der Waals surface area contributed by atoms with Crippen molar-refractivity contribution in [3.63, 3.8) is 0 Å². The Balaban J connectivity index is 1.37. The molecule has 0 unspecified atom stereocenters. The zero-order valence-electron chi connectivity index (χ0n) is 24.5. The monoisotopic (exact) mass is 582 g/mol. The molecule has 0 spiro atoms. The smallest absolute Gasteiger partial charge is 0.0971 e. The minimum atomic E-state index is 0.965. The van der Waals surface area contributed by atoms with Crippen LogP contribution in [-0.2, 0) is 0 Å². The second-order valence-corrected chi connectivity index (χ2v) is 12.5. The number of aromatic nitrogens is 4. The fraction of sp³-hybridized carbons (Fsp3) is 0. The Morgan fingerprint density at radius 1 is 0.413 bits per heavy atom. The minimum absolute atomic E-state index is 0.965. The summed E-state index contributed by atoms with van der Waals surface area (Å²) in [5.74, 6) is 0. The lowest BCUT2D eigenvalue weighted by Gasteiger charge is -2.14. The molecule has 0 radical (unpaired) electrons. The third-order valence-electron chi connectivity index (χ3n) is 10.5. The third kappa shape index (κ3) is 2.54. The van der Waals surface area contributed by atoms with Crippen LogP contribution < -0.4 is 0 Å². The first-order chi connectivity index (χ1) is 22.9. The van der Waals surface area contributed by atoms with Crippen LogP contribution in [-0.4, -0.2) is 18.9 Å². The average Bonchev–Trinajstić information content (AvgIpc) is 3.83. The molecule has 210 valence electrons. The Hall–Kier alpha value is -6.26. The molecule has 0 saturated carbocycles. The van der Waals surface area contributed by atoms with Crippen LogP contribution in [0.1, 0.15) is 0 Å². The highest BCUT2D eigenvalue weighted by Gasteiger charge is 2.28. The number of hydrogen-bond donors (Lipinski definition) is 0. The maximum absolute atomic E-state index is 4.77. The van der Waals surface area contributed by atoms with Crippen LogP contribution in [0, 0.1) is 0 Å². The molecule has 1 aliphatic carbocycles. The zero-order valence-corrected chi connectivity index (χ0v) is 24.5. The number of fused-ring (bicyclic) bond motifs is 15. The fourth-order valence-corrected chi connectivity index (χ4v) is 8.74. The van der Waals surface area contributed by atoms with Crippen molar-refractivity contribution in [1.29, 1.82) is 0 Å². The first kappa shape index (κ1) is 23.2. The quantitative estimate of drug-likeness (QED) is 0.193. The number of nitrogens with zero attached hydrogens (tertiary/aromatic N) is 4. The van der Waals surface area contributed by atoms with E-state index < -0.39 is 0 Å². The van der Waals surface area contributed by atoms with Crippen molar-refractivity contribution in [2.75, 3.05) is 0 Å². The summed E-state index contributed by atoms with van der Waals surface area (Å²) in [4.78, 5) is 9.54. The molecule has 7 aromatic carbocycles. The van der Waals surface area contributed by atoms with Crippen molar-refractivity contribution in [2.45, 2.75) is 0 Å². The van der Waals surface area contributed by atoms with E-state index in [1.54, 1.807) is 12.4 Å². The Bertz CT molecular complexity index is 3110. The molecule has 4 heterocycles. The lowest BCUT2D eigenvalue weighted by atomic mass is 10.0. The molecule has 0 saturated heterocycles. The molecule has 0 bridgehead atoms. The van der Waals surface area contributed by atoms with Gasteiger partial charge in [-0.1, -0.05) is 91.0 Å². The highest BCUT2D eigenvalue weighted by molar-refractivity contribution is 6.37. The maximum Gasteiger partial charge on any atom is 0.0971 e. The molecular weight excluding hydrogens is 560 g/mol. The highest BCUT2D eigenvalue weighted by Crippen LogP contribution is 2.50. The number of hydrogen-bond acceptors (Lipinski definition) is 2. The third-order valence-corrected chi connectivity index (χ3v) is 10.5. The summed E-state index contributed by atoms with van der Waals surface area (Å²) < 4.78 is 5.03. The van der Waals surface area contributed by atoms with E-state index in [1.165, 1.54) is 87.1 Å². The summed E-state index contributed by atoms with van der Waals surface area (Å²) in [5.41, 5.74) is 11.7. The van der Waals surface area contributed by atoms with Gasteiger partial charge < -0.3 is 8.97 Å². The molecule has 0 aliphatic heterocycles. The van der Waals surface area contributed by atoms with Crippen LogP contribution in [0.5, 0.6) is 0 Å². The van der Waals surface area contributed by atoms with E-state index in [2.05, 4.69) is 130 Å². The van der Waals surface area contributed by atoms with Crippen molar-refractivity contribution >= 4 is 81.4 Å². The van der Waals surface area contributed by atoms with E-state index in [-0.39, 0.29) is 0 Å². The predicted octanol–water partition coefficient (Wildman–Crippen LogP) is 10.7. The largest absolute Gasteiger partial charge is 0.308 e. The number of rotatable bonds is 1. The molecule has 1 aliphatic rings. The molecule has 4 heteroatoms. The second kappa shape index (κ2) is 7.87. The Labute approximate surface area is 261 Å². The van der Waals surface area contributed by atoms with E-state index in [9.17, 15) is 0 Å². The van der Waals surface area contributed by atoms with Gasteiger partial charge in [-0.15, -0.1) is 0 Å². The minimum Gasteiger partial charge on any atom is -0.308 e. The van der Waals surface area contributed by atoms with E-state index in [0.717, 1.165) is 22.5 Å². The normalized spacial score (nSPS) is 12.8. The number of para-hydroxylation sites is 2. The van der Waals surface area contributed by atoms with Crippen LogP contribution in [0.3, 0.4) is 0 Å². The van der Waals surface area contributed by atoms with E-state index in [0.29, 0.717) is 0 Å². The van der Waals surface area contributed by atoms with Gasteiger partial charge in [-0.25, -0.2) is 0 Å². The summed E-state index contributed by atoms with van der Waals surface area (Å²) in [6.45, 7) is 0. The van der Waals surface area contributed by atoms with E-state index in [4.69, 9.17) is 9.97 Å².